The second-order valence-corrected chi connectivity index (χ2v) is 11.3. The number of furan rings is 2. The lowest BCUT2D eigenvalue weighted by Gasteiger charge is -2.27. The molecule has 0 fully saturated rings. The average molecular weight is 586 g/mol. The Morgan fingerprint density at radius 3 is 1.57 bits per heavy atom. The molecule has 4 heterocycles. The summed E-state index contributed by atoms with van der Waals surface area (Å²) in [6.07, 6.45) is 5.19. The van der Waals surface area contributed by atoms with Gasteiger partial charge in [0.1, 0.15) is 11.2 Å². The number of unbranched alkanes of at least 4 members (excludes halogenated alkanes) is 1. The Morgan fingerprint density at radius 2 is 1.02 bits per heavy atom. The Hall–Kier alpha value is -5.28. The molecule has 6 aromatic rings. The molecule has 4 amide bonds. The monoisotopic (exact) mass is 585 g/mol. The van der Waals surface area contributed by atoms with Gasteiger partial charge in [-0.2, -0.15) is 0 Å². The van der Waals surface area contributed by atoms with E-state index < -0.39 is 0 Å². The van der Waals surface area contributed by atoms with Crippen LogP contribution < -0.4 is 5.32 Å². The van der Waals surface area contributed by atoms with Crippen molar-refractivity contribution in [3.8, 4) is 0 Å². The summed E-state index contributed by atoms with van der Waals surface area (Å²) in [5.74, 6) is -1.14. The summed E-state index contributed by atoms with van der Waals surface area (Å²) in [4.78, 5) is 56.0. The predicted octanol–water partition coefficient (Wildman–Crippen LogP) is 6.14. The van der Waals surface area contributed by atoms with Gasteiger partial charge in [-0.3, -0.25) is 29.0 Å². The molecule has 1 N–H and O–H groups in total. The fourth-order valence-corrected chi connectivity index (χ4v) is 6.70. The van der Waals surface area contributed by atoms with Crippen LogP contribution in [0.25, 0.3) is 43.5 Å². The zero-order valence-corrected chi connectivity index (χ0v) is 23.7. The predicted molar refractivity (Wildman–Crippen MR) is 165 cm³/mol. The van der Waals surface area contributed by atoms with Crippen LogP contribution in [0.15, 0.2) is 82.0 Å². The molecule has 0 bridgehead atoms. The van der Waals surface area contributed by atoms with E-state index in [1.165, 1.54) is 9.80 Å². The molecule has 2 aromatic heterocycles. The van der Waals surface area contributed by atoms with Crippen LogP contribution in [0.4, 0.5) is 0 Å². The summed E-state index contributed by atoms with van der Waals surface area (Å²) < 4.78 is 11.3. The summed E-state index contributed by atoms with van der Waals surface area (Å²) in [5.41, 5.74) is 3.43. The van der Waals surface area contributed by atoms with Gasteiger partial charge in [0.2, 0.25) is 0 Å². The van der Waals surface area contributed by atoms with Gasteiger partial charge in [0.25, 0.3) is 23.6 Å². The van der Waals surface area contributed by atoms with Crippen molar-refractivity contribution in [3.05, 3.63) is 95.4 Å². The first-order chi connectivity index (χ1) is 21.5. The van der Waals surface area contributed by atoms with E-state index in [4.69, 9.17) is 8.83 Å². The van der Waals surface area contributed by atoms with Crippen molar-refractivity contribution in [2.75, 3.05) is 26.2 Å². The lowest BCUT2D eigenvalue weighted by Crippen LogP contribution is -2.41. The maximum absolute atomic E-state index is 13.4. The lowest BCUT2D eigenvalue weighted by atomic mass is 9.92. The standard InChI is InChI=1S/C35H27N3O6/c39-32-24-8-3-6-22-28(24)26(18-20-10-16-43-30(20)22)34(41)37(32)14-2-1-12-36-13-5-15-38-33(40)25-9-4-7-23-29(25)27(35(38)42)19-21-11-17-44-31(21)23/h3-4,6-11,16-19,36H,1-2,5,12-15H2. The maximum atomic E-state index is 13.4. The molecule has 4 aromatic carbocycles. The van der Waals surface area contributed by atoms with E-state index in [0.29, 0.717) is 83.2 Å². The number of hydrogen-bond donors (Lipinski definition) is 1. The third-order valence-electron chi connectivity index (χ3n) is 8.77. The molecule has 0 saturated heterocycles. The van der Waals surface area contributed by atoms with Gasteiger partial charge in [-0.25, -0.2) is 0 Å². The number of fused-ring (bicyclic) bond motifs is 4. The number of carbonyl (C=O) groups is 4. The molecule has 8 rings (SSSR count). The molecule has 9 nitrogen and oxygen atoms in total. The second-order valence-electron chi connectivity index (χ2n) is 11.3. The molecule has 2 aliphatic rings. The molecule has 9 heteroatoms. The number of rotatable bonds is 9. The van der Waals surface area contributed by atoms with Crippen molar-refractivity contribution in [1.29, 1.82) is 0 Å². The number of benzene rings is 4. The Bertz CT molecular complexity index is 2040. The fraction of sp³-hybridized carbons (Fsp3) is 0.200. The molecule has 0 unspecified atom stereocenters. The van der Waals surface area contributed by atoms with Gasteiger partial charge in [-0.15, -0.1) is 0 Å². The average Bonchev–Trinajstić information content (AvgIpc) is 3.72. The molecule has 218 valence electrons. The quantitative estimate of drug-likeness (QED) is 0.160. The third kappa shape index (κ3) is 3.89. The van der Waals surface area contributed by atoms with Gasteiger partial charge >= 0.3 is 0 Å². The smallest absolute Gasteiger partial charge is 0.261 e. The molecule has 0 spiro atoms. The molecule has 0 radical (unpaired) electrons. The van der Waals surface area contributed by atoms with Gasteiger partial charge in [0, 0.05) is 67.7 Å². The van der Waals surface area contributed by atoms with Crippen LogP contribution in [-0.2, 0) is 0 Å². The fourth-order valence-electron chi connectivity index (χ4n) is 6.70. The number of nitrogens with zero attached hydrogens (tertiary/aromatic N) is 2. The van der Waals surface area contributed by atoms with E-state index in [0.717, 1.165) is 28.0 Å². The third-order valence-corrected chi connectivity index (χ3v) is 8.77. The molecular weight excluding hydrogens is 558 g/mol. The molecule has 44 heavy (non-hydrogen) atoms. The topological polar surface area (TPSA) is 113 Å². The van der Waals surface area contributed by atoms with Crippen molar-refractivity contribution < 1.29 is 28.0 Å². The second kappa shape index (κ2) is 10.2. The highest BCUT2D eigenvalue weighted by Gasteiger charge is 2.35. The number of nitrogens with one attached hydrogen (secondary N) is 1. The Kier molecular flexibility index (Phi) is 6.09. The minimum atomic E-state index is -0.291. The van der Waals surface area contributed by atoms with Crippen LogP contribution in [0.5, 0.6) is 0 Å². The minimum Gasteiger partial charge on any atom is -0.464 e. The highest BCUT2D eigenvalue weighted by atomic mass is 16.3. The van der Waals surface area contributed by atoms with Gasteiger partial charge < -0.3 is 14.2 Å². The summed E-state index contributed by atoms with van der Waals surface area (Å²) in [7, 11) is 0. The van der Waals surface area contributed by atoms with Crippen LogP contribution in [0.2, 0.25) is 0 Å². The van der Waals surface area contributed by atoms with E-state index in [-0.39, 0.29) is 23.6 Å². The molecular formula is C35H27N3O6. The van der Waals surface area contributed by atoms with Crippen LogP contribution in [-0.4, -0.2) is 59.6 Å². The summed E-state index contributed by atoms with van der Waals surface area (Å²) in [6, 6.07) is 18.2. The normalized spacial score (nSPS) is 14.7. The van der Waals surface area contributed by atoms with Crippen molar-refractivity contribution in [2.24, 2.45) is 0 Å². The molecule has 2 aliphatic heterocycles. The number of hydrogen-bond acceptors (Lipinski definition) is 7. The van der Waals surface area contributed by atoms with Gasteiger partial charge in [-0.05, 0) is 68.8 Å². The highest BCUT2D eigenvalue weighted by molar-refractivity contribution is 6.30. The summed E-state index contributed by atoms with van der Waals surface area (Å²) in [5, 5.41) is 7.88. The number of amides is 4. The van der Waals surface area contributed by atoms with E-state index in [1.54, 1.807) is 30.7 Å². The van der Waals surface area contributed by atoms with Crippen molar-refractivity contribution in [1.82, 2.24) is 15.1 Å². The van der Waals surface area contributed by atoms with E-state index in [9.17, 15) is 19.2 Å². The minimum absolute atomic E-state index is 0.281. The summed E-state index contributed by atoms with van der Waals surface area (Å²) in [6.45, 7) is 1.92. The Balaban J connectivity index is 0.858. The lowest BCUT2D eigenvalue weighted by molar-refractivity contribution is 0.0591. The largest absolute Gasteiger partial charge is 0.464 e. The van der Waals surface area contributed by atoms with Gasteiger partial charge in [0.05, 0.1) is 12.5 Å². The molecule has 0 saturated carbocycles. The van der Waals surface area contributed by atoms with Gasteiger partial charge in [-0.1, -0.05) is 24.3 Å². The van der Waals surface area contributed by atoms with Gasteiger partial charge in [0.15, 0.2) is 0 Å². The van der Waals surface area contributed by atoms with Crippen LogP contribution in [0.1, 0.15) is 60.7 Å². The van der Waals surface area contributed by atoms with Crippen molar-refractivity contribution in [3.63, 3.8) is 0 Å². The number of carbonyl (C=O) groups excluding carboxylic acids is 4. The van der Waals surface area contributed by atoms with Crippen LogP contribution in [0.3, 0.4) is 0 Å². The van der Waals surface area contributed by atoms with Crippen LogP contribution >= 0.6 is 0 Å². The Labute approximate surface area is 251 Å². The SMILES string of the molecule is O=C1c2cccc3c2c(cc2ccoc23)C(=O)N1CCCCNCCCN1C(=O)c2cccc3c2c(cc2ccoc23)C1=O. The number of imide groups is 2. The first-order valence-corrected chi connectivity index (χ1v) is 14.8. The zero-order valence-electron chi connectivity index (χ0n) is 23.7. The molecule has 0 atom stereocenters. The van der Waals surface area contributed by atoms with E-state index >= 15 is 0 Å². The van der Waals surface area contributed by atoms with E-state index in [1.807, 2.05) is 42.5 Å². The van der Waals surface area contributed by atoms with Crippen LogP contribution in [0, 0.1) is 0 Å². The van der Waals surface area contributed by atoms with Crippen molar-refractivity contribution in [2.45, 2.75) is 19.3 Å². The summed E-state index contributed by atoms with van der Waals surface area (Å²) >= 11 is 0. The first kappa shape index (κ1) is 26.4. The zero-order chi connectivity index (χ0) is 29.9. The first-order valence-electron chi connectivity index (χ1n) is 14.8. The maximum Gasteiger partial charge on any atom is 0.261 e. The molecule has 0 aliphatic carbocycles. The highest BCUT2D eigenvalue weighted by Crippen LogP contribution is 2.37. The van der Waals surface area contributed by atoms with Crippen molar-refractivity contribution >= 4 is 67.1 Å². The van der Waals surface area contributed by atoms with E-state index in [2.05, 4.69) is 5.32 Å². The Morgan fingerprint density at radius 1 is 0.545 bits per heavy atom.